The van der Waals surface area contributed by atoms with Crippen LogP contribution in [-0.2, 0) is 6.42 Å². The zero-order chi connectivity index (χ0) is 14.7. The molecule has 0 aliphatic heterocycles. The summed E-state index contributed by atoms with van der Waals surface area (Å²) in [5.74, 6) is -0.953. The van der Waals surface area contributed by atoms with Gasteiger partial charge >= 0.3 is 5.97 Å². The van der Waals surface area contributed by atoms with Crippen LogP contribution in [0.5, 0.6) is 0 Å². The number of carboxylic acids is 1. The highest BCUT2D eigenvalue weighted by Gasteiger charge is 2.18. The smallest absolute Gasteiger partial charge is 0.348 e. The third-order valence-corrected chi connectivity index (χ3v) is 4.04. The summed E-state index contributed by atoms with van der Waals surface area (Å²) in [7, 11) is 0. The summed E-state index contributed by atoms with van der Waals surface area (Å²) in [6.07, 6.45) is 3.92. The molecule has 2 heterocycles. The topological polar surface area (TPSA) is 63.1 Å². The molecule has 2 aromatic heterocycles. The van der Waals surface area contributed by atoms with Gasteiger partial charge in [-0.2, -0.15) is 0 Å². The zero-order valence-corrected chi connectivity index (χ0v) is 11.9. The minimum atomic E-state index is -0.953. The second kappa shape index (κ2) is 5.85. The Hall–Kier alpha value is -2.53. The lowest BCUT2D eigenvalue weighted by Crippen LogP contribution is -1.95. The average molecular weight is 296 g/mol. The van der Waals surface area contributed by atoms with Gasteiger partial charge in [-0.05, 0) is 17.7 Å². The molecule has 3 rings (SSSR count). The highest BCUT2D eigenvalue weighted by molar-refractivity contribution is 7.14. The van der Waals surface area contributed by atoms with Crippen molar-refractivity contribution >= 4 is 17.3 Å². The highest BCUT2D eigenvalue weighted by atomic mass is 32.1. The molecule has 0 aliphatic rings. The second-order valence-corrected chi connectivity index (χ2v) is 5.58. The van der Waals surface area contributed by atoms with Crippen LogP contribution in [0.3, 0.4) is 0 Å². The monoisotopic (exact) mass is 296 g/mol. The van der Waals surface area contributed by atoms with Gasteiger partial charge in [-0.1, -0.05) is 30.3 Å². The van der Waals surface area contributed by atoms with Crippen LogP contribution < -0.4 is 0 Å². The molecule has 0 spiro atoms. The van der Waals surface area contributed by atoms with Gasteiger partial charge in [-0.15, -0.1) is 11.3 Å². The molecule has 1 aromatic carbocycles. The van der Waals surface area contributed by atoms with E-state index in [0.29, 0.717) is 12.1 Å². The van der Waals surface area contributed by atoms with E-state index in [0.717, 1.165) is 16.1 Å². The van der Waals surface area contributed by atoms with Crippen molar-refractivity contribution in [3.63, 3.8) is 0 Å². The number of benzene rings is 1. The maximum atomic E-state index is 11.4. The molecule has 0 amide bonds. The van der Waals surface area contributed by atoms with Gasteiger partial charge in [0.25, 0.3) is 0 Å². The van der Waals surface area contributed by atoms with Crippen molar-refractivity contribution in [3.8, 4) is 11.3 Å². The summed E-state index contributed by atoms with van der Waals surface area (Å²) < 4.78 is 0. The van der Waals surface area contributed by atoms with Crippen LogP contribution in [0, 0.1) is 0 Å². The Labute approximate surface area is 125 Å². The van der Waals surface area contributed by atoms with Crippen molar-refractivity contribution in [2.24, 2.45) is 0 Å². The summed E-state index contributed by atoms with van der Waals surface area (Å²) >= 11 is 1.22. The third kappa shape index (κ3) is 2.98. The Morgan fingerprint density at radius 2 is 1.95 bits per heavy atom. The molecule has 0 saturated heterocycles. The summed E-state index contributed by atoms with van der Waals surface area (Å²) in [5, 5.41) is 10.1. The van der Waals surface area contributed by atoms with E-state index in [1.165, 1.54) is 11.3 Å². The third-order valence-electron chi connectivity index (χ3n) is 3.00. The van der Waals surface area contributed by atoms with E-state index in [-0.39, 0.29) is 4.88 Å². The van der Waals surface area contributed by atoms with Gasteiger partial charge in [-0.25, -0.2) is 9.78 Å². The van der Waals surface area contributed by atoms with Crippen LogP contribution >= 0.6 is 11.3 Å². The molecule has 0 atom stereocenters. The maximum Gasteiger partial charge on any atom is 0.348 e. The number of nitrogens with zero attached hydrogens (tertiary/aromatic N) is 2. The number of carbonyl (C=O) groups is 1. The number of rotatable bonds is 4. The number of hydrogen-bond donors (Lipinski definition) is 1. The van der Waals surface area contributed by atoms with Crippen molar-refractivity contribution in [1.82, 2.24) is 9.97 Å². The molecule has 5 heteroatoms. The number of aromatic carboxylic acids is 1. The molecule has 3 aromatic rings. The SMILES string of the molecule is O=C(O)c1sc(Cc2ccccc2)nc1-c1cccnc1. The summed E-state index contributed by atoms with van der Waals surface area (Å²) in [6, 6.07) is 13.5. The fourth-order valence-corrected chi connectivity index (χ4v) is 3.01. The van der Waals surface area contributed by atoms with Crippen LogP contribution in [-0.4, -0.2) is 21.0 Å². The fraction of sp³-hybridized carbons (Fsp3) is 0.0625. The van der Waals surface area contributed by atoms with Gasteiger partial charge < -0.3 is 5.11 Å². The standard InChI is InChI=1S/C16H12N2O2S/c19-16(20)15-14(12-7-4-8-17-10-12)18-13(21-15)9-11-5-2-1-3-6-11/h1-8,10H,9H2,(H,19,20). The molecule has 0 aliphatic carbocycles. The Morgan fingerprint density at radius 3 is 2.62 bits per heavy atom. The molecule has 0 radical (unpaired) electrons. The van der Waals surface area contributed by atoms with E-state index in [4.69, 9.17) is 0 Å². The van der Waals surface area contributed by atoms with Crippen molar-refractivity contribution in [1.29, 1.82) is 0 Å². The van der Waals surface area contributed by atoms with Crippen LogP contribution in [0.25, 0.3) is 11.3 Å². The van der Waals surface area contributed by atoms with Gasteiger partial charge in [0, 0.05) is 24.4 Å². The first kappa shape index (κ1) is 13.5. The first-order valence-electron chi connectivity index (χ1n) is 6.41. The molecule has 0 fully saturated rings. The molecule has 21 heavy (non-hydrogen) atoms. The van der Waals surface area contributed by atoms with Gasteiger partial charge in [0.05, 0.1) is 10.7 Å². The molecule has 1 N–H and O–H groups in total. The molecule has 0 saturated carbocycles. The normalized spacial score (nSPS) is 10.5. The number of aromatic nitrogens is 2. The summed E-state index contributed by atoms with van der Waals surface area (Å²) in [5.41, 5.74) is 2.33. The highest BCUT2D eigenvalue weighted by Crippen LogP contribution is 2.29. The van der Waals surface area contributed by atoms with Crippen LogP contribution in [0.1, 0.15) is 20.2 Å². The lowest BCUT2D eigenvalue weighted by molar-refractivity contribution is 0.0702. The lowest BCUT2D eigenvalue weighted by Gasteiger charge is -1.97. The molecule has 104 valence electrons. The van der Waals surface area contributed by atoms with E-state index in [2.05, 4.69) is 9.97 Å². The van der Waals surface area contributed by atoms with E-state index < -0.39 is 5.97 Å². The molecule has 4 nitrogen and oxygen atoms in total. The fourth-order valence-electron chi connectivity index (χ4n) is 2.05. The van der Waals surface area contributed by atoms with Crippen LogP contribution in [0.15, 0.2) is 54.9 Å². The quantitative estimate of drug-likeness (QED) is 0.800. The van der Waals surface area contributed by atoms with Crippen LogP contribution in [0.4, 0.5) is 0 Å². The predicted molar refractivity (Wildman–Crippen MR) is 81.6 cm³/mol. The van der Waals surface area contributed by atoms with Crippen molar-refractivity contribution < 1.29 is 9.90 Å². The molecule has 0 unspecified atom stereocenters. The van der Waals surface area contributed by atoms with E-state index in [9.17, 15) is 9.90 Å². The maximum absolute atomic E-state index is 11.4. The minimum absolute atomic E-state index is 0.258. The number of hydrogen-bond acceptors (Lipinski definition) is 4. The Kier molecular flexibility index (Phi) is 3.75. The Bertz CT molecular complexity index is 754. The predicted octanol–water partition coefficient (Wildman–Crippen LogP) is 3.49. The summed E-state index contributed by atoms with van der Waals surface area (Å²) in [6.45, 7) is 0. The van der Waals surface area contributed by atoms with E-state index >= 15 is 0 Å². The van der Waals surface area contributed by atoms with Gasteiger partial charge in [0.2, 0.25) is 0 Å². The van der Waals surface area contributed by atoms with Gasteiger partial charge in [-0.3, -0.25) is 4.98 Å². The molecular weight excluding hydrogens is 284 g/mol. The van der Waals surface area contributed by atoms with E-state index in [1.54, 1.807) is 18.5 Å². The first-order valence-corrected chi connectivity index (χ1v) is 7.23. The van der Waals surface area contributed by atoms with Gasteiger partial charge in [0.1, 0.15) is 4.88 Å². The Balaban J connectivity index is 1.99. The largest absolute Gasteiger partial charge is 0.477 e. The Morgan fingerprint density at radius 1 is 1.14 bits per heavy atom. The first-order chi connectivity index (χ1) is 10.2. The summed E-state index contributed by atoms with van der Waals surface area (Å²) in [4.78, 5) is 20.2. The van der Waals surface area contributed by atoms with E-state index in [1.807, 2.05) is 36.4 Å². The van der Waals surface area contributed by atoms with Crippen molar-refractivity contribution in [2.45, 2.75) is 6.42 Å². The number of carboxylic acid groups (broad SMARTS) is 1. The lowest BCUT2D eigenvalue weighted by atomic mass is 10.1. The van der Waals surface area contributed by atoms with Crippen molar-refractivity contribution in [3.05, 3.63) is 70.3 Å². The van der Waals surface area contributed by atoms with Crippen molar-refractivity contribution in [2.75, 3.05) is 0 Å². The minimum Gasteiger partial charge on any atom is -0.477 e. The van der Waals surface area contributed by atoms with Gasteiger partial charge in [0.15, 0.2) is 0 Å². The second-order valence-electron chi connectivity index (χ2n) is 4.49. The average Bonchev–Trinajstić information content (AvgIpc) is 2.93. The molecule has 0 bridgehead atoms. The number of pyridine rings is 1. The zero-order valence-electron chi connectivity index (χ0n) is 11.1. The van der Waals surface area contributed by atoms with Crippen LogP contribution in [0.2, 0.25) is 0 Å². The molecular formula is C16H12N2O2S. The number of thiazole rings is 1.